The van der Waals surface area contributed by atoms with Gasteiger partial charge in [0.2, 0.25) is 17.2 Å². The molecule has 33 heavy (non-hydrogen) atoms. The fourth-order valence-electron chi connectivity index (χ4n) is 2.92. The van der Waals surface area contributed by atoms with Crippen LogP contribution in [-0.2, 0) is 12.8 Å². The monoisotopic (exact) mass is 475 g/mol. The summed E-state index contributed by atoms with van der Waals surface area (Å²) >= 11 is 6.01. The Morgan fingerprint density at radius 1 is 0.970 bits per heavy atom. The van der Waals surface area contributed by atoms with Crippen molar-refractivity contribution in [1.82, 2.24) is 35.1 Å². The van der Waals surface area contributed by atoms with E-state index < -0.39 is 23.5 Å². The minimum Gasteiger partial charge on any atom is -0.344 e. The molecule has 0 aliphatic heterocycles. The Balaban J connectivity index is 1.39. The molecular weight excluding hydrogens is 459 g/mol. The summed E-state index contributed by atoms with van der Waals surface area (Å²) in [4.78, 5) is 20.1. The molecule has 0 saturated carbocycles. The summed E-state index contributed by atoms with van der Waals surface area (Å²) in [6.07, 6.45) is 3.12. The third kappa shape index (κ3) is 5.92. The Bertz CT molecular complexity index is 1250. The van der Waals surface area contributed by atoms with Gasteiger partial charge in [0.1, 0.15) is 11.6 Å². The van der Waals surface area contributed by atoms with Crippen LogP contribution in [0.25, 0.3) is 0 Å². The van der Waals surface area contributed by atoms with Crippen LogP contribution in [0.15, 0.2) is 36.7 Å². The summed E-state index contributed by atoms with van der Waals surface area (Å²) in [5.74, 6) is -1.14. The summed E-state index contributed by atoms with van der Waals surface area (Å²) in [7, 11) is 0. The zero-order valence-corrected chi connectivity index (χ0v) is 17.9. The second kappa shape index (κ2) is 9.77. The first-order valence-corrected chi connectivity index (χ1v) is 10.1. The number of halogens is 4. The first kappa shape index (κ1) is 22.4. The van der Waals surface area contributed by atoms with Gasteiger partial charge in [0.05, 0.1) is 24.1 Å². The van der Waals surface area contributed by atoms with Crippen molar-refractivity contribution in [2.45, 2.75) is 25.8 Å². The molecule has 4 aromatic rings. The van der Waals surface area contributed by atoms with Gasteiger partial charge < -0.3 is 10.6 Å². The molecule has 0 saturated heterocycles. The average Bonchev–Trinajstić information content (AvgIpc) is 3.22. The van der Waals surface area contributed by atoms with Gasteiger partial charge in [-0.2, -0.15) is 20.1 Å². The number of benzene rings is 1. The zero-order chi connectivity index (χ0) is 23.4. The summed E-state index contributed by atoms with van der Waals surface area (Å²) in [5.41, 5.74) is 1.36. The highest BCUT2D eigenvalue weighted by Crippen LogP contribution is 2.19. The van der Waals surface area contributed by atoms with Gasteiger partial charge in [0.15, 0.2) is 17.5 Å². The Hall–Kier alpha value is -3.80. The molecule has 1 aromatic carbocycles. The maximum atomic E-state index is 13.3. The average molecular weight is 476 g/mol. The number of aryl methyl sites for hydroxylation is 2. The van der Waals surface area contributed by atoms with Crippen LogP contribution in [-0.4, -0.2) is 35.1 Å². The van der Waals surface area contributed by atoms with Gasteiger partial charge in [-0.1, -0.05) is 6.07 Å². The van der Waals surface area contributed by atoms with Crippen molar-refractivity contribution in [3.8, 4) is 0 Å². The van der Waals surface area contributed by atoms with E-state index in [9.17, 15) is 13.2 Å². The van der Waals surface area contributed by atoms with Gasteiger partial charge in [-0.3, -0.25) is 5.10 Å². The van der Waals surface area contributed by atoms with Crippen molar-refractivity contribution in [2.75, 3.05) is 10.6 Å². The van der Waals surface area contributed by atoms with Crippen molar-refractivity contribution in [2.24, 2.45) is 0 Å². The summed E-state index contributed by atoms with van der Waals surface area (Å²) in [6, 6.07) is 5.11. The molecule has 0 bridgehead atoms. The number of aromatic nitrogens is 7. The highest BCUT2D eigenvalue weighted by atomic mass is 35.5. The molecule has 3 N–H and O–H groups in total. The maximum Gasteiger partial charge on any atom is 0.234 e. The largest absolute Gasteiger partial charge is 0.344 e. The highest BCUT2D eigenvalue weighted by Gasteiger charge is 2.13. The highest BCUT2D eigenvalue weighted by molar-refractivity contribution is 6.28. The number of rotatable bonds is 8. The van der Waals surface area contributed by atoms with Crippen LogP contribution in [0.1, 0.15) is 30.0 Å². The standard InChI is InChI=1S/C20H17ClF3N9/c1-10(17-25-8-12(22)9-26-17)27-19-29-18(21)30-20(31-19)28-16-7-13(32-33-16)4-2-11-3-5-14(23)15(24)6-11/h3,5-10H,2,4H2,1H3,(H3,27,28,29,30,31,32,33)/t10-/m0/s1. The van der Waals surface area contributed by atoms with E-state index >= 15 is 0 Å². The van der Waals surface area contributed by atoms with Gasteiger partial charge in [-0.25, -0.2) is 23.1 Å². The van der Waals surface area contributed by atoms with E-state index in [-0.39, 0.29) is 17.2 Å². The first-order chi connectivity index (χ1) is 15.9. The number of anilines is 3. The van der Waals surface area contributed by atoms with E-state index in [4.69, 9.17) is 11.6 Å². The summed E-state index contributed by atoms with van der Waals surface area (Å²) in [5, 5.41) is 12.9. The van der Waals surface area contributed by atoms with Gasteiger partial charge in [0.25, 0.3) is 0 Å². The molecular formula is C20H17ClF3N9. The van der Waals surface area contributed by atoms with Crippen molar-refractivity contribution in [1.29, 1.82) is 0 Å². The van der Waals surface area contributed by atoms with Crippen LogP contribution in [0.5, 0.6) is 0 Å². The van der Waals surface area contributed by atoms with Gasteiger partial charge in [-0.05, 0) is 49.1 Å². The number of nitrogens with zero attached hydrogens (tertiary/aromatic N) is 6. The summed E-state index contributed by atoms with van der Waals surface area (Å²) < 4.78 is 39.4. The van der Waals surface area contributed by atoms with Crippen molar-refractivity contribution in [3.63, 3.8) is 0 Å². The number of nitrogens with one attached hydrogen (secondary N) is 3. The molecule has 0 aliphatic carbocycles. The Kier molecular flexibility index (Phi) is 6.63. The van der Waals surface area contributed by atoms with Gasteiger partial charge in [-0.15, -0.1) is 0 Å². The zero-order valence-electron chi connectivity index (χ0n) is 17.2. The number of H-pyrrole nitrogens is 1. The molecule has 170 valence electrons. The third-order valence-electron chi connectivity index (χ3n) is 4.51. The molecule has 4 rings (SSSR count). The lowest BCUT2D eigenvalue weighted by atomic mass is 10.1. The van der Waals surface area contributed by atoms with Gasteiger partial charge >= 0.3 is 0 Å². The fraction of sp³-hybridized carbons (Fsp3) is 0.200. The summed E-state index contributed by atoms with van der Waals surface area (Å²) in [6.45, 7) is 1.76. The van der Waals surface area contributed by atoms with Crippen LogP contribution in [0, 0.1) is 17.5 Å². The molecule has 0 spiro atoms. The molecule has 13 heteroatoms. The predicted octanol–water partition coefficient (Wildman–Crippen LogP) is 4.16. The van der Waals surface area contributed by atoms with Crippen LogP contribution >= 0.6 is 11.6 Å². The Morgan fingerprint density at radius 2 is 1.73 bits per heavy atom. The van der Waals surface area contributed by atoms with Crippen molar-refractivity contribution >= 4 is 29.3 Å². The van der Waals surface area contributed by atoms with E-state index in [1.165, 1.54) is 12.1 Å². The van der Waals surface area contributed by atoms with Crippen LogP contribution in [0.3, 0.4) is 0 Å². The lowest BCUT2D eigenvalue weighted by molar-refractivity contribution is 0.507. The number of hydrogen-bond donors (Lipinski definition) is 3. The molecule has 0 aliphatic rings. The molecule has 3 aromatic heterocycles. The normalized spacial score (nSPS) is 11.9. The van der Waals surface area contributed by atoms with E-state index in [2.05, 4.69) is 45.8 Å². The lowest BCUT2D eigenvalue weighted by Crippen LogP contribution is -2.14. The van der Waals surface area contributed by atoms with Crippen molar-refractivity contribution in [3.05, 3.63) is 76.5 Å². The molecule has 0 fully saturated rings. The third-order valence-corrected chi connectivity index (χ3v) is 4.68. The van der Waals surface area contributed by atoms with E-state index in [1.54, 1.807) is 13.0 Å². The van der Waals surface area contributed by atoms with E-state index in [0.29, 0.717) is 35.7 Å². The predicted molar refractivity (Wildman–Crippen MR) is 115 cm³/mol. The smallest absolute Gasteiger partial charge is 0.234 e. The van der Waals surface area contributed by atoms with Crippen LogP contribution < -0.4 is 10.6 Å². The molecule has 1 atom stereocenters. The van der Waals surface area contributed by atoms with E-state index in [0.717, 1.165) is 18.5 Å². The minimum absolute atomic E-state index is 0.0553. The van der Waals surface area contributed by atoms with Gasteiger partial charge in [0, 0.05) is 6.07 Å². The molecule has 3 heterocycles. The SMILES string of the molecule is C[C@H](Nc1nc(Cl)nc(Nc2cc(CCc3ccc(F)c(F)c3)n[nH]2)n1)c1ncc(F)cn1. The Labute approximate surface area is 190 Å². The number of hydrogen-bond acceptors (Lipinski definition) is 8. The molecule has 0 unspecified atom stereocenters. The van der Waals surface area contributed by atoms with E-state index in [1.807, 2.05) is 0 Å². The molecule has 0 amide bonds. The Morgan fingerprint density at radius 3 is 2.48 bits per heavy atom. The fourth-order valence-corrected chi connectivity index (χ4v) is 3.08. The van der Waals surface area contributed by atoms with Crippen molar-refractivity contribution < 1.29 is 13.2 Å². The first-order valence-electron chi connectivity index (χ1n) is 9.76. The second-order valence-electron chi connectivity index (χ2n) is 7.02. The molecule has 0 radical (unpaired) electrons. The number of aromatic amines is 1. The minimum atomic E-state index is -0.881. The van der Waals surface area contributed by atoms with Crippen LogP contribution in [0.4, 0.5) is 30.9 Å². The second-order valence-corrected chi connectivity index (χ2v) is 7.36. The van der Waals surface area contributed by atoms with Crippen LogP contribution in [0.2, 0.25) is 5.28 Å². The lowest BCUT2D eigenvalue weighted by Gasteiger charge is -2.13. The molecule has 9 nitrogen and oxygen atoms in total. The maximum absolute atomic E-state index is 13.3. The topological polar surface area (TPSA) is 117 Å². The quantitative estimate of drug-likeness (QED) is 0.348.